The zero-order valence-corrected chi connectivity index (χ0v) is 18.2. The third-order valence-corrected chi connectivity index (χ3v) is 6.29. The molecule has 0 aliphatic heterocycles. The highest BCUT2D eigenvalue weighted by atomic mass is 32.2. The molecule has 2 aromatic carbocycles. The first-order valence-electron chi connectivity index (χ1n) is 9.42. The molecule has 0 bridgehead atoms. The molecule has 1 aromatic heterocycles. The third kappa shape index (κ3) is 5.05. The monoisotopic (exact) mass is 445 g/mol. The van der Waals surface area contributed by atoms with Crippen molar-refractivity contribution in [3.05, 3.63) is 65.5 Å². The van der Waals surface area contributed by atoms with Crippen LogP contribution >= 0.6 is 11.3 Å². The van der Waals surface area contributed by atoms with Crippen LogP contribution in [0.5, 0.6) is 5.75 Å². The highest BCUT2D eigenvalue weighted by molar-refractivity contribution is 7.89. The number of unbranched alkanes of at least 4 members (excludes halogenated alkanes) is 1. The molecule has 3 aromatic rings. The Balaban J connectivity index is 2.02. The number of nitrogens with two attached hydrogens (primary N) is 1. The summed E-state index contributed by atoms with van der Waals surface area (Å²) in [7, 11) is -3.82. The number of carbonyl (C=O) groups excluding carboxylic acids is 1. The first-order valence-corrected chi connectivity index (χ1v) is 11.8. The standard InChI is InChI=1S/C21H23N3O4S2/c1-3-5-12-28-16-8-6-7-15(13-16)20(25)23-21-24(11-4-2)18-10-9-17(30(22,26)27)14-19(18)29-21/h4,6-10,13-14H,2-3,5,11-12H2,1H3,(H2,22,26,27). The molecular weight excluding hydrogens is 422 g/mol. The SMILES string of the molecule is C=CCn1c(=NC(=O)c2cccc(OCCCC)c2)sc2cc(S(N)(=O)=O)ccc21. The number of aromatic nitrogens is 1. The first-order chi connectivity index (χ1) is 14.3. The van der Waals surface area contributed by atoms with Gasteiger partial charge in [0.1, 0.15) is 5.75 Å². The number of sulfonamides is 1. The Hall–Kier alpha value is -2.75. The van der Waals surface area contributed by atoms with E-state index in [0.29, 0.717) is 34.0 Å². The second-order valence-corrected chi connectivity index (χ2v) is 9.18. The van der Waals surface area contributed by atoms with Gasteiger partial charge in [-0.2, -0.15) is 4.99 Å². The van der Waals surface area contributed by atoms with Crippen molar-refractivity contribution in [2.24, 2.45) is 10.1 Å². The summed E-state index contributed by atoms with van der Waals surface area (Å²) in [6.07, 6.45) is 3.65. The molecule has 9 heteroatoms. The summed E-state index contributed by atoms with van der Waals surface area (Å²) in [5.74, 6) is 0.213. The Bertz CT molecular complexity index is 1260. The van der Waals surface area contributed by atoms with Crippen molar-refractivity contribution in [2.75, 3.05) is 6.61 Å². The molecule has 0 atom stereocenters. The van der Waals surface area contributed by atoms with E-state index < -0.39 is 15.9 Å². The molecule has 1 heterocycles. The molecule has 0 aliphatic rings. The minimum Gasteiger partial charge on any atom is -0.494 e. The van der Waals surface area contributed by atoms with Crippen LogP contribution in [0.15, 0.2) is 65.0 Å². The number of nitrogens with zero attached hydrogens (tertiary/aromatic N) is 2. The van der Waals surface area contributed by atoms with Gasteiger partial charge in [-0.15, -0.1) is 6.58 Å². The molecule has 0 radical (unpaired) electrons. The summed E-state index contributed by atoms with van der Waals surface area (Å²) in [6.45, 7) is 6.84. The van der Waals surface area contributed by atoms with Gasteiger partial charge >= 0.3 is 0 Å². The lowest BCUT2D eigenvalue weighted by Crippen LogP contribution is -2.16. The number of hydrogen-bond donors (Lipinski definition) is 1. The van der Waals surface area contributed by atoms with Gasteiger partial charge in [0, 0.05) is 12.1 Å². The van der Waals surface area contributed by atoms with E-state index in [1.807, 2.05) is 0 Å². The summed E-state index contributed by atoms with van der Waals surface area (Å²) in [5, 5.41) is 5.23. The molecule has 0 unspecified atom stereocenters. The Morgan fingerprint density at radius 3 is 2.80 bits per heavy atom. The highest BCUT2D eigenvalue weighted by Crippen LogP contribution is 2.22. The van der Waals surface area contributed by atoms with Crippen molar-refractivity contribution in [2.45, 2.75) is 31.2 Å². The Labute approximate surface area is 179 Å². The minimum absolute atomic E-state index is 0.0109. The number of ether oxygens (including phenoxy) is 1. The fourth-order valence-electron chi connectivity index (χ4n) is 2.83. The molecule has 30 heavy (non-hydrogen) atoms. The summed E-state index contributed by atoms with van der Waals surface area (Å²) in [5.41, 5.74) is 1.16. The van der Waals surface area contributed by atoms with E-state index in [1.54, 1.807) is 41.0 Å². The molecule has 7 nitrogen and oxygen atoms in total. The zero-order valence-electron chi connectivity index (χ0n) is 16.6. The molecule has 2 N–H and O–H groups in total. The van der Waals surface area contributed by atoms with Crippen molar-refractivity contribution in [3.63, 3.8) is 0 Å². The third-order valence-electron chi connectivity index (χ3n) is 4.34. The number of carbonyl (C=O) groups is 1. The van der Waals surface area contributed by atoms with E-state index >= 15 is 0 Å². The summed E-state index contributed by atoms with van der Waals surface area (Å²) >= 11 is 1.21. The molecule has 0 saturated heterocycles. The van der Waals surface area contributed by atoms with Crippen molar-refractivity contribution >= 4 is 37.5 Å². The molecule has 0 saturated carbocycles. The average molecular weight is 446 g/mol. The van der Waals surface area contributed by atoms with Gasteiger partial charge in [-0.05, 0) is 42.8 Å². The number of benzene rings is 2. The summed E-state index contributed by atoms with van der Waals surface area (Å²) in [4.78, 5) is 17.5. The summed E-state index contributed by atoms with van der Waals surface area (Å²) in [6, 6.07) is 11.5. The second kappa shape index (κ2) is 9.38. The fourth-order valence-corrected chi connectivity index (χ4v) is 4.52. The lowest BCUT2D eigenvalue weighted by atomic mass is 10.2. The highest BCUT2D eigenvalue weighted by Gasteiger charge is 2.13. The number of rotatable bonds is 8. The van der Waals surface area contributed by atoms with Crippen LogP contribution in [0.2, 0.25) is 0 Å². The Morgan fingerprint density at radius 1 is 1.30 bits per heavy atom. The minimum atomic E-state index is -3.82. The van der Waals surface area contributed by atoms with Gasteiger partial charge in [-0.25, -0.2) is 13.6 Å². The topological polar surface area (TPSA) is 104 Å². The van der Waals surface area contributed by atoms with Crippen LogP contribution < -0.4 is 14.7 Å². The van der Waals surface area contributed by atoms with Crippen molar-refractivity contribution in [1.82, 2.24) is 4.57 Å². The van der Waals surface area contributed by atoms with E-state index in [1.165, 1.54) is 23.5 Å². The van der Waals surface area contributed by atoms with Gasteiger partial charge in [0.15, 0.2) is 4.80 Å². The molecule has 1 amide bonds. The van der Waals surface area contributed by atoms with Gasteiger partial charge in [-0.1, -0.05) is 36.8 Å². The van der Waals surface area contributed by atoms with E-state index in [-0.39, 0.29) is 4.90 Å². The molecule has 0 aliphatic carbocycles. The lowest BCUT2D eigenvalue weighted by molar-refractivity contribution is 0.0997. The fraction of sp³-hybridized carbons (Fsp3) is 0.238. The van der Waals surface area contributed by atoms with Gasteiger partial charge in [-0.3, -0.25) is 4.79 Å². The summed E-state index contributed by atoms with van der Waals surface area (Å²) < 4.78 is 31.4. The van der Waals surface area contributed by atoms with Crippen LogP contribution in [-0.4, -0.2) is 25.5 Å². The number of thiazole rings is 1. The van der Waals surface area contributed by atoms with Crippen LogP contribution in [0.1, 0.15) is 30.1 Å². The smallest absolute Gasteiger partial charge is 0.279 e. The molecule has 158 valence electrons. The van der Waals surface area contributed by atoms with Gasteiger partial charge in [0.25, 0.3) is 5.91 Å². The van der Waals surface area contributed by atoms with Crippen LogP contribution in [0.4, 0.5) is 0 Å². The molecule has 3 rings (SSSR count). The zero-order chi connectivity index (χ0) is 21.7. The Morgan fingerprint density at radius 2 is 2.10 bits per heavy atom. The number of amides is 1. The molecule has 0 fully saturated rings. The van der Waals surface area contributed by atoms with Crippen molar-refractivity contribution in [3.8, 4) is 5.75 Å². The first kappa shape index (κ1) is 21.9. The maximum absolute atomic E-state index is 12.8. The van der Waals surface area contributed by atoms with Gasteiger partial charge in [0.2, 0.25) is 10.0 Å². The normalized spacial score (nSPS) is 12.3. The van der Waals surface area contributed by atoms with Crippen molar-refractivity contribution in [1.29, 1.82) is 0 Å². The van der Waals surface area contributed by atoms with E-state index in [4.69, 9.17) is 9.88 Å². The van der Waals surface area contributed by atoms with Crippen molar-refractivity contribution < 1.29 is 17.9 Å². The largest absolute Gasteiger partial charge is 0.494 e. The maximum atomic E-state index is 12.8. The second-order valence-electron chi connectivity index (χ2n) is 6.61. The van der Waals surface area contributed by atoms with Crippen LogP contribution in [0.25, 0.3) is 10.2 Å². The maximum Gasteiger partial charge on any atom is 0.279 e. The van der Waals surface area contributed by atoms with E-state index in [0.717, 1.165) is 18.4 Å². The average Bonchev–Trinajstić information content (AvgIpc) is 3.04. The van der Waals surface area contributed by atoms with Crippen LogP contribution in [0, 0.1) is 0 Å². The molecular formula is C21H23N3O4S2. The van der Waals surface area contributed by atoms with Gasteiger partial charge in [0.05, 0.1) is 21.7 Å². The van der Waals surface area contributed by atoms with E-state index in [9.17, 15) is 13.2 Å². The molecule has 0 spiro atoms. The quantitative estimate of drug-likeness (QED) is 0.423. The lowest BCUT2D eigenvalue weighted by Gasteiger charge is -2.06. The predicted octanol–water partition coefficient (Wildman–Crippen LogP) is 3.46. The number of fused-ring (bicyclic) bond motifs is 1. The Kier molecular flexibility index (Phi) is 6.86. The van der Waals surface area contributed by atoms with Gasteiger partial charge < -0.3 is 9.30 Å². The predicted molar refractivity (Wildman–Crippen MR) is 118 cm³/mol. The van der Waals surface area contributed by atoms with Crippen LogP contribution in [-0.2, 0) is 16.6 Å². The number of primary sulfonamides is 1. The van der Waals surface area contributed by atoms with Crippen LogP contribution in [0.3, 0.4) is 0 Å². The van der Waals surface area contributed by atoms with E-state index in [2.05, 4.69) is 18.5 Å². The number of allylic oxidation sites excluding steroid dienone is 1. The number of hydrogen-bond acceptors (Lipinski definition) is 5.